The fourth-order valence-electron chi connectivity index (χ4n) is 3.53. The Balaban J connectivity index is 3.49. The number of allylic oxidation sites excluding steroid dienone is 1. The van der Waals surface area contributed by atoms with Crippen LogP contribution in [0, 0.1) is 0 Å². The molecule has 3 nitrogen and oxygen atoms in total. The van der Waals surface area contributed by atoms with Crippen LogP contribution in [0.25, 0.3) is 0 Å². The molecule has 0 rings (SSSR count). The number of rotatable bonds is 21. The molecule has 0 amide bonds. The highest BCUT2D eigenvalue weighted by molar-refractivity contribution is 5.69. The van der Waals surface area contributed by atoms with Crippen molar-refractivity contribution in [2.45, 2.75) is 110 Å². The molecule has 0 saturated carbocycles. The average molecular weight is 397 g/mol. The number of quaternary nitrogens is 1. The van der Waals surface area contributed by atoms with E-state index in [0.717, 1.165) is 30.3 Å². The van der Waals surface area contributed by atoms with Gasteiger partial charge in [0.15, 0.2) is 0 Å². The Morgan fingerprint density at radius 3 is 1.93 bits per heavy atom. The van der Waals surface area contributed by atoms with Gasteiger partial charge in [-0.25, -0.2) is 0 Å². The summed E-state index contributed by atoms with van der Waals surface area (Å²) in [6.07, 6.45) is 21.7. The van der Waals surface area contributed by atoms with Gasteiger partial charge in [0.1, 0.15) is 13.2 Å². The van der Waals surface area contributed by atoms with Crippen LogP contribution in [-0.2, 0) is 9.53 Å². The summed E-state index contributed by atoms with van der Waals surface area (Å²) in [5, 5.41) is 0. The first-order chi connectivity index (χ1) is 13.5. The highest BCUT2D eigenvalue weighted by atomic mass is 16.5. The molecule has 0 aromatic carbocycles. The van der Waals surface area contributed by atoms with Gasteiger partial charge in [0.25, 0.3) is 0 Å². The van der Waals surface area contributed by atoms with Gasteiger partial charge in [0.2, 0.25) is 0 Å². The number of hydrogen-bond acceptors (Lipinski definition) is 2. The van der Waals surface area contributed by atoms with E-state index in [2.05, 4.69) is 27.6 Å². The second kappa shape index (κ2) is 19.5. The van der Waals surface area contributed by atoms with E-state index >= 15 is 0 Å². The Hall–Kier alpha value is -0.830. The number of nitrogens with zero attached hydrogens (tertiary/aromatic N) is 1. The molecule has 0 atom stereocenters. The molecular formula is C25H50NO2+. The Morgan fingerprint density at radius 2 is 1.32 bits per heavy atom. The topological polar surface area (TPSA) is 26.3 Å². The number of carbonyl (C=O) groups is 1. The molecule has 0 aliphatic heterocycles. The minimum absolute atomic E-state index is 0.0151. The number of esters is 1. The quantitative estimate of drug-likeness (QED) is 0.0898. The highest BCUT2D eigenvalue weighted by Gasteiger charge is 2.15. The van der Waals surface area contributed by atoms with E-state index in [9.17, 15) is 4.79 Å². The Bertz CT molecular complexity index is 366. The van der Waals surface area contributed by atoms with Crippen molar-refractivity contribution in [2.24, 2.45) is 0 Å². The van der Waals surface area contributed by atoms with Crippen LogP contribution in [0.4, 0.5) is 0 Å². The first kappa shape index (κ1) is 27.2. The monoisotopic (exact) mass is 396 g/mol. The van der Waals surface area contributed by atoms with Crippen molar-refractivity contribution in [1.29, 1.82) is 0 Å². The lowest BCUT2D eigenvalue weighted by Crippen LogP contribution is -2.43. The van der Waals surface area contributed by atoms with Crippen LogP contribution in [-0.4, -0.2) is 44.2 Å². The summed E-state index contributed by atoms with van der Waals surface area (Å²) >= 11 is 0. The predicted octanol–water partition coefficient (Wildman–Crippen LogP) is 7.05. The zero-order chi connectivity index (χ0) is 20.9. The molecule has 0 spiro atoms. The fraction of sp³-hybridized carbons (Fsp3) is 0.880. The van der Waals surface area contributed by atoms with Crippen molar-refractivity contribution >= 4 is 5.97 Å². The van der Waals surface area contributed by atoms with Crippen molar-refractivity contribution in [3.63, 3.8) is 0 Å². The van der Waals surface area contributed by atoms with Crippen LogP contribution >= 0.6 is 0 Å². The molecule has 166 valence electrons. The molecule has 0 heterocycles. The van der Waals surface area contributed by atoms with Crippen LogP contribution in [0.3, 0.4) is 0 Å². The van der Waals surface area contributed by atoms with E-state index in [1.807, 2.05) is 6.08 Å². The number of ether oxygens (including phenoxy) is 1. The summed E-state index contributed by atoms with van der Waals surface area (Å²) in [6.45, 7) is 8.68. The molecule has 0 aromatic heterocycles. The zero-order valence-corrected chi connectivity index (χ0v) is 19.5. The second-order valence-corrected chi connectivity index (χ2v) is 9.03. The third kappa shape index (κ3) is 19.9. The largest absolute Gasteiger partial charge is 0.460 e. The van der Waals surface area contributed by atoms with Gasteiger partial charge in [-0.1, -0.05) is 77.2 Å². The lowest BCUT2D eigenvalue weighted by molar-refractivity contribution is -0.890. The van der Waals surface area contributed by atoms with Crippen molar-refractivity contribution in [3.8, 4) is 0 Å². The van der Waals surface area contributed by atoms with E-state index in [1.165, 1.54) is 83.6 Å². The Morgan fingerprint density at radius 1 is 0.786 bits per heavy atom. The molecule has 0 bridgehead atoms. The maximum absolute atomic E-state index is 11.9. The predicted molar refractivity (Wildman–Crippen MR) is 123 cm³/mol. The normalized spacial score (nSPS) is 11.5. The molecule has 0 N–H and O–H groups in total. The van der Waals surface area contributed by atoms with Gasteiger partial charge in [0, 0.05) is 6.42 Å². The number of likely N-dealkylation sites (N-methyl/N-ethyl adjacent to an activating group) is 1. The fourth-order valence-corrected chi connectivity index (χ4v) is 3.53. The third-order valence-electron chi connectivity index (χ3n) is 5.62. The van der Waals surface area contributed by atoms with Crippen LogP contribution in [0.2, 0.25) is 0 Å². The molecule has 3 heteroatoms. The molecule has 0 unspecified atom stereocenters. The van der Waals surface area contributed by atoms with Gasteiger partial charge < -0.3 is 9.22 Å². The van der Waals surface area contributed by atoms with Crippen molar-refractivity contribution in [1.82, 2.24) is 0 Å². The van der Waals surface area contributed by atoms with Crippen molar-refractivity contribution < 1.29 is 14.0 Å². The molecule has 0 radical (unpaired) electrons. The first-order valence-electron chi connectivity index (χ1n) is 12.1. The average Bonchev–Trinajstić information content (AvgIpc) is 2.66. The summed E-state index contributed by atoms with van der Waals surface area (Å²) in [5.74, 6) is -0.0151. The highest BCUT2D eigenvalue weighted by Crippen LogP contribution is 2.11. The van der Waals surface area contributed by atoms with Gasteiger partial charge in [0.05, 0.1) is 20.6 Å². The molecule has 0 aliphatic carbocycles. The minimum Gasteiger partial charge on any atom is -0.460 e. The van der Waals surface area contributed by atoms with Gasteiger partial charge in [-0.2, -0.15) is 0 Å². The second-order valence-electron chi connectivity index (χ2n) is 9.03. The smallest absolute Gasteiger partial charge is 0.305 e. The van der Waals surface area contributed by atoms with Gasteiger partial charge in [-0.05, 0) is 32.1 Å². The Labute approximate surface area is 176 Å². The minimum atomic E-state index is -0.0151. The summed E-state index contributed by atoms with van der Waals surface area (Å²) in [4.78, 5) is 11.9. The standard InChI is InChI=1S/C25H50NO2/c1-5-7-9-11-13-15-17-19-21-25(27)28-24-23-26(3,4)22-20-18-16-14-12-10-8-6-2/h5H,1,6-24H2,2-4H3/q+1. The van der Waals surface area contributed by atoms with Gasteiger partial charge >= 0.3 is 5.97 Å². The molecular weight excluding hydrogens is 346 g/mol. The lowest BCUT2D eigenvalue weighted by Gasteiger charge is -2.29. The summed E-state index contributed by atoms with van der Waals surface area (Å²) in [7, 11) is 4.50. The zero-order valence-electron chi connectivity index (χ0n) is 19.5. The van der Waals surface area contributed by atoms with Crippen molar-refractivity contribution in [3.05, 3.63) is 12.7 Å². The van der Waals surface area contributed by atoms with Gasteiger partial charge in [-0.3, -0.25) is 4.79 Å². The van der Waals surface area contributed by atoms with E-state index in [4.69, 9.17) is 4.74 Å². The molecule has 28 heavy (non-hydrogen) atoms. The van der Waals surface area contributed by atoms with E-state index < -0.39 is 0 Å². The molecule has 0 aromatic rings. The van der Waals surface area contributed by atoms with E-state index in [0.29, 0.717) is 13.0 Å². The van der Waals surface area contributed by atoms with Crippen molar-refractivity contribution in [2.75, 3.05) is 33.8 Å². The number of carbonyl (C=O) groups excluding carboxylic acids is 1. The van der Waals surface area contributed by atoms with E-state index in [-0.39, 0.29) is 5.97 Å². The van der Waals surface area contributed by atoms with Crippen LogP contribution in [0.15, 0.2) is 12.7 Å². The molecule has 0 saturated heterocycles. The first-order valence-corrected chi connectivity index (χ1v) is 12.1. The van der Waals surface area contributed by atoms with Gasteiger partial charge in [-0.15, -0.1) is 6.58 Å². The SMILES string of the molecule is C=CCCCCCCCCC(=O)OCC[N+](C)(C)CCCCCCCCCC. The summed E-state index contributed by atoms with van der Waals surface area (Å²) < 4.78 is 6.41. The lowest BCUT2D eigenvalue weighted by atomic mass is 10.1. The Kier molecular flexibility index (Phi) is 18.9. The van der Waals surface area contributed by atoms with E-state index in [1.54, 1.807) is 0 Å². The molecule has 0 aliphatic rings. The summed E-state index contributed by atoms with van der Waals surface area (Å²) in [5.41, 5.74) is 0. The maximum atomic E-state index is 11.9. The third-order valence-corrected chi connectivity index (χ3v) is 5.62. The van der Waals surface area contributed by atoms with Crippen LogP contribution in [0.1, 0.15) is 110 Å². The molecule has 0 fully saturated rings. The van der Waals surface area contributed by atoms with Crippen LogP contribution in [0.5, 0.6) is 0 Å². The maximum Gasteiger partial charge on any atom is 0.305 e. The number of unbranched alkanes of at least 4 members (excludes halogenated alkanes) is 13. The van der Waals surface area contributed by atoms with Crippen LogP contribution < -0.4 is 0 Å². The summed E-state index contributed by atoms with van der Waals surface area (Å²) in [6, 6.07) is 0. The number of hydrogen-bond donors (Lipinski definition) is 0.